The van der Waals surface area contributed by atoms with Crippen molar-refractivity contribution in [2.45, 2.75) is 66.6 Å². The van der Waals surface area contributed by atoms with Crippen LogP contribution < -0.4 is 4.74 Å². The van der Waals surface area contributed by atoms with Crippen LogP contribution in [-0.4, -0.2) is 58.3 Å². The standard InChI is InChI=1S/C23H32N4O4/c1-16(2)28-9-7-8-18-10-20(31-17(3)4)22(24-11-18)19-12-27(26-25-19)13-21-29-14-23(5,6)15-30-21/h10-12,16-17,21H,9,13-15H2,1-6H3. The summed E-state index contributed by atoms with van der Waals surface area (Å²) >= 11 is 0. The number of pyridine rings is 1. The second-order valence-corrected chi connectivity index (χ2v) is 8.94. The number of nitrogens with zero attached hydrogens (tertiary/aromatic N) is 4. The van der Waals surface area contributed by atoms with Gasteiger partial charge in [0.2, 0.25) is 0 Å². The summed E-state index contributed by atoms with van der Waals surface area (Å²) in [6.45, 7) is 14.3. The highest BCUT2D eigenvalue weighted by atomic mass is 16.7. The molecule has 1 aliphatic heterocycles. The highest BCUT2D eigenvalue weighted by molar-refractivity contribution is 5.63. The Kier molecular flexibility index (Phi) is 7.65. The summed E-state index contributed by atoms with van der Waals surface area (Å²) in [5, 5.41) is 8.49. The predicted molar refractivity (Wildman–Crippen MR) is 116 cm³/mol. The summed E-state index contributed by atoms with van der Waals surface area (Å²) < 4.78 is 24.7. The first kappa shape index (κ1) is 23.2. The Morgan fingerprint density at radius 2 is 1.94 bits per heavy atom. The molecule has 3 rings (SSSR count). The molecule has 0 aliphatic carbocycles. The van der Waals surface area contributed by atoms with Crippen LogP contribution in [0.15, 0.2) is 18.5 Å². The topological polar surface area (TPSA) is 80.5 Å². The molecular weight excluding hydrogens is 396 g/mol. The van der Waals surface area contributed by atoms with Gasteiger partial charge in [-0.05, 0) is 33.8 Å². The lowest BCUT2D eigenvalue weighted by Gasteiger charge is -2.34. The Morgan fingerprint density at radius 1 is 1.19 bits per heavy atom. The van der Waals surface area contributed by atoms with Crippen LogP contribution in [0, 0.1) is 17.3 Å². The molecule has 0 N–H and O–H groups in total. The van der Waals surface area contributed by atoms with Crippen LogP contribution in [0.25, 0.3) is 11.4 Å². The highest BCUT2D eigenvalue weighted by Gasteiger charge is 2.28. The minimum atomic E-state index is -0.340. The van der Waals surface area contributed by atoms with Crippen LogP contribution >= 0.6 is 0 Å². The molecule has 0 saturated carbocycles. The molecule has 1 fully saturated rings. The monoisotopic (exact) mass is 428 g/mol. The second kappa shape index (κ2) is 10.2. The Labute approximate surface area is 184 Å². The van der Waals surface area contributed by atoms with Gasteiger partial charge in [0.1, 0.15) is 23.7 Å². The largest absolute Gasteiger partial charge is 0.489 e. The van der Waals surface area contributed by atoms with Gasteiger partial charge >= 0.3 is 0 Å². The van der Waals surface area contributed by atoms with Crippen molar-refractivity contribution in [2.24, 2.45) is 5.41 Å². The molecule has 8 nitrogen and oxygen atoms in total. The van der Waals surface area contributed by atoms with Crippen molar-refractivity contribution in [3.63, 3.8) is 0 Å². The van der Waals surface area contributed by atoms with Crippen LogP contribution in [0.1, 0.15) is 47.1 Å². The molecule has 31 heavy (non-hydrogen) atoms. The van der Waals surface area contributed by atoms with Crippen molar-refractivity contribution in [3.05, 3.63) is 24.0 Å². The van der Waals surface area contributed by atoms with Crippen molar-refractivity contribution in [1.29, 1.82) is 0 Å². The van der Waals surface area contributed by atoms with Crippen LogP contribution in [0.2, 0.25) is 0 Å². The van der Waals surface area contributed by atoms with Crippen molar-refractivity contribution >= 4 is 0 Å². The maximum absolute atomic E-state index is 5.98. The molecule has 0 atom stereocenters. The molecule has 1 saturated heterocycles. The summed E-state index contributed by atoms with van der Waals surface area (Å²) in [5.41, 5.74) is 2.03. The lowest BCUT2D eigenvalue weighted by molar-refractivity contribution is -0.227. The molecule has 2 aromatic rings. The quantitative estimate of drug-likeness (QED) is 0.626. The van der Waals surface area contributed by atoms with E-state index in [1.165, 1.54) is 0 Å². The lowest BCUT2D eigenvalue weighted by atomic mass is 9.96. The average Bonchev–Trinajstić information content (AvgIpc) is 3.15. The zero-order valence-electron chi connectivity index (χ0n) is 19.2. The molecule has 168 valence electrons. The Morgan fingerprint density at radius 3 is 2.61 bits per heavy atom. The van der Waals surface area contributed by atoms with Crippen LogP contribution in [-0.2, 0) is 20.8 Å². The van der Waals surface area contributed by atoms with Crippen molar-refractivity contribution in [3.8, 4) is 29.0 Å². The Bertz CT molecular complexity index is 917. The first-order valence-electron chi connectivity index (χ1n) is 10.6. The molecule has 0 amide bonds. The Balaban J connectivity index is 1.73. The number of aromatic nitrogens is 4. The van der Waals surface area contributed by atoms with E-state index in [0.29, 0.717) is 43.5 Å². The van der Waals surface area contributed by atoms with Crippen molar-refractivity contribution in [2.75, 3.05) is 19.8 Å². The minimum absolute atomic E-state index is 0.0181. The third-order valence-corrected chi connectivity index (χ3v) is 4.37. The smallest absolute Gasteiger partial charge is 0.177 e. The van der Waals surface area contributed by atoms with Gasteiger partial charge in [0, 0.05) is 17.2 Å². The van der Waals surface area contributed by atoms with E-state index < -0.39 is 0 Å². The molecule has 0 radical (unpaired) electrons. The average molecular weight is 429 g/mol. The van der Waals surface area contributed by atoms with Gasteiger partial charge in [0.05, 0.1) is 38.2 Å². The maximum Gasteiger partial charge on any atom is 0.177 e. The van der Waals surface area contributed by atoms with Gasteiger partial charge in [-0.2, -0.15) is 0 Å². The van der Waals surface area contributed by atoms with Crippen LogP contribution in [0.5, 0.6) is 5.75 Å². The zero-order valence-corrected chi connectivity index (χ0v) is 19.2. The molecule has 3 heterocycles. The summed E-state index contributed by atoms with van der Waals surface area (Å²) in [6, 6.07) is 1.87. The van der Waals surface area contributed by atoms with Gasteiger partial charge in [-0.1, -0.05) is 30.9 Å². The zero-order chi connectivity index (χ0) is 22.4. The molecule has 0 bridgehead atoms. The SMILES string of the molecule is CC(C)OCC#Cc1cnc(-c2cn(CC3OCC(C)(C)CO3)nn2)c(OC(C)C)c1. The molecular formula is C23H32N4O4. The number of rotatable bonds is 7. The Hall–Kier alpha value is -2.47. The van der Waals surface area contributed by atoms with Crippen LogP contribution in [0.3, 0.4) is 0 Å². The number of hydrogen-bond acceptors (Lipinski definition) is 7. The third-order valence-electron chi connectivity index (χ3n) is 4.37. The van der Waals surface area contributed by atoms with E-state index in [-0.39, 0.29) is 23.9 Å². The summed E-state index contributed by atoms with van der Waals surface area (Å²) in [4.78, 5) is 4.55. The molecule has 8 heteroatoms. The fourth-order valence-corrected chi connectivity index (χ4v) is 2.88. The van der Waals surface area contributed by atoms with E-state index in [9.17, 15) is 0 Å². The van der Waals surface area contributed by atoms with Gasteiger partial charge in [0.15, 0.2) is 6.29 Å². The number of ether oxygens (including phenoxy) is 4. The lowest BCUT2D eigenvalue weighted by Crippen LogP contribution is -2.39. The van der Waals surface area contributed by atoms with Crippen molar-refractivity contribution in [1.82, 2.24) is 20.0 Å². The van der Waals surface area contributed by atoms with Crippen molar-refractivity contribution < 1.29 is 18.9 Å². The first-order valence-corrected chi connectivity index (χ1v) is 10.6. The van der Waals surface area contributed by atoms with Gasteiger partial charge in [-0.15, -0.1) is 5.10 Å². The fourth-order valence-electron chi connectivity index (χ4n) is 2.88. The first-order chi connectivity index (χ1) is 14.7. The molecule has 1 aliphatic rings. The summed E-state index contributed by atoms with van der Waals surface area (Å²) in [7, 11) is 0. The van der Waals surface area contributed by atoms with E-state index >= 15 is 0 Å². The van der Waals surface area contributed by atoms with Gasteiger partial charge in [0.25, 0.3) is 0 Å². The number of hydrogen-bond donors (Lipinski definition) is 0. The van der Waals surface area contributed by atoms with Gasteiger partial charge in [-0.3, -0.25) is 0 Å². The molecule has 0 spiro atoms. The van der Waals surface area contributed by atoms with Gasteiger partial charge in [-0.25, -0.2) is 9.67 Å². The fraction of sp³-hybridized carbons (Fsp3) is 0.609. The van der Waals surface area contributed by atoms with E-state index in [1.807, 2.05) is 40.0 Å². The van der Waals surface area contributed by atoms with E-state index in [1.54, 1.807) is 10.9 Å². The minimum Gasteiger partial charge on any atom is -0.489 e. The molecule has 0 aromatic carbocycles. The van der Waals surface area contributed by atoms with E-state index in [2.05, 4.69) is 41.0 Å². The molecule has 0 unspecified atom stereocenters. The normalized spacial score (nSPS) is 16.4. The third kappa shape index (κ3) is 7.03. The second-order valence-electron chi connectivity index (χ2n) is 8.94. The van der Waals surface area contributed by atoms with Gasteiger partial charge < -0.3 is 18.9 Å². The highest BCUT2D eigenvalue weighted by Crippen LogP contribution is 2.28. The maximum atomic E-state index is 5.98. The van der Waals surface area contributed by atoms with E-state index in [0.717, 1.165) is 5.56 Å². The molecule has 2 aromatic heterocycles. The summed E-state index contributed by atoms with van der Waals surface area (Å²) in [6.07, 6.45) is 3.32. The predicted octanol–water partition coefficient (Wildman–Crippen LogP) is 3.30. The summed E-state index contributed by atoms with van der Waals surface area (Å²) in [5.74, 6) is 6.68. The van der Waals surface area contributed by atoms with E-state index in [4.69, 9.17) is 18.9 Å². The van der Waals surface area contributed by atoms with Crippen LogP contribution in [0.4, 0.5) is 0 Å².